The number of amides is 1. The standard InChI is InChI=1S/C20H24N4O/c25-20(19-16-5-1-2-6-17(16)21-22-19)24-12-9-14-13-15(7-8-18(14)24)23-10-3-4-11-23/h7-8,13H,1-6,9-12H2,(H,21,22). The number of hydrogen-bond acceptors (Lipinski definition) is 3. The fourth-order valence-electron chi connectivity index (χ4n) is 4.56. The van der Waals surface area contributed by atoms with Crippen molar-refractivity contribution < 1.29 is 4.79 Å². The molecule has 0 atom stereocenters. The number of anilines is 2. The number of fused-ring (bicyclic) bond motifs is 2. The zero-order valence-electron chi connectivity index (χ0n) is 14.6. The Kier molecular flexibility index (Phi) is 3.54. The molecule has 5 nitrogen and oxygen atoms in total. The van der Waals surface area contributed by atoms with Crippen molar-refractivity contribution in [3.8, 4) is 0 Å². The van der Waals surface area contributed by atoms with Crippen LogP contribution in [0.5, 0.6) is 0 Å². The number of aromatic nitrogens is 2. The summed E-state index contributed by atoms with van der Waals surface area (Å²) in [5.41, 5.74) is 6.63. The van der Waals surface area contributed by atoms with E-state index in [1.165, 1.54) is 36.2 Å². The van der Waals surface area contributed by atoms with E-state index in [2.05, 4.69) is 33.3 Å². The molecule has 5 heteroatoms. The van der Waals surface area contributed by atoms with E-state index in [-0.39, 0.29) is 5.91 Å². The van der Waals surface area contributed by atoms with Gasteiger partial charge in [-0.25, -0.2) is 0 Å². The first-order valence-corrected chi connectivity index (χ1v) is 9.57. The van der Waals surface area contributed by atoms with E-state index in [9.17, 15) is 4.79 Å². The van der Waals surface area contributed by atoms with Crippen molar-refractivity contribution in [1.82, 2.24) is 10.2 Å². The molecule has 1 aliphatic carbocycles. The lowest BCUT2D eigenvalue weighted by Gasteiger charge is -2.21. The van der Waals surface area contributed by atoms with E-state index in [1.54, 1.807) is 0 Å². The predicted molar refractivity (Wildman–Crippen MR) is 98.5 cm³/mol. The molecule has 0 saturated carbocycles. The summed E-state index contributed by atoms with van der Waals surface area (Å²) >= 11 is 0. The zero-order valence-corrected chi connectivity index (χ0v) is 14.6. The van der Waals surface area contributed by atoms with E-state index >= 15 is 0 Å². The minimum absolute atomic E-state index is 0.0621. The fraction of sp³-hybridized carbons (Fsp3) is 0.500. The quantitative estimate of drug-likeness (QED) is 0.917. The first-order chi connectivity index (χ1) is 12.3. The van der Waals surface area contributed by atoms with Crippen LogP contribution in [0, 0.1) is 0 Å². The van der Waals surface area contributed by atoms with E-state index in [1.807, 2.05) is 4.90 Å². The summed E-state index contributed by atoms with van der Waals surface area (Å²) in [6.45, 7) is 3.07. The molecule has 25 heavy (non-hydrogen) atoms. The molecule has 3 heterocycles. The van der Waals surface area contributed by atoms with Crippen LogP contribution in [0.15, 0.2) is 18.2 Å². The number of aromatic amines is 1. The van der Waals surface area contributed by atoms with Crippen molar-refractivity contribution in [2.45, 2.75) is 44.9 Å². The topological polar surface area (TPSA) is 52.2 Å². The fourth-order valence-corrected chi connectivity index (χ4v) is 4.56. The Labute approximate surface area is 148 Å². The summed E-state index contributed by atoms with van der Waals surface area (Å²) in [7, 11) is 0. The van der Waals surface area contributed by atoms with Gasteiger partial charge in [0.2, 0.25) is 0 Å². The van der Waals surface area contributed by atoms with Crippen LogP contribution in [0.3, 0.4) is 0 Å². The summed E-state index contributed by atoms with van der Waals surface area (Å²) in [4.78, 5) is 17.5. The maximum absolute atomic E-state index is 13.1. The number of nitrogens with one attached hydrogen (secondary N) is 1. The maximum Gasteiger partial charge on any atom is 0.279 e. The van der Waals surface area contributed by atoms with Gasteiger partial charge in [-0.1, -0.05) is 0 Å². The summed E-state index contributed by atoms with van der Waals surface area (Å²) in [5.74, 6) is 0.0621. The number of hydrogen-bond donors (Lipinski definition) is 1. The Hall–Kier alpha value is -2.30. The van der Waals surface area contributed by atoms with Crippen LogP contribution in [0.2, 0.25) is 0 Å². The molecule has 5 rings (SSSR count). The van der Waals surface area contributed by atoms with E-state index < -0.39 is 0 Å². The highest BCUT2D eigenvalue weighted by molar-refractivity contribution is 6.07. The largest absolute Gasteiger partial charge is 0.372 e. The minimum Gasteiger partial charge on any atom is -0.372 e. The molecule has 2 aliphatic heterocycles. The maximum atomic E-state index is 13.1. The molecule has 0 radical (unpaired) electrons. The molecule has 0 unspecified atom stereocenters. The molecule has 1 amide bonds. The minimum atomic E-state index is 0.0621. The highest BCUT2D eigenvalue weighted by Gasteiger charge is 2.31. The van der Waals surface area contributed by atoms with Crippen LogP contribution in [0.4, 0.5) is 11.4 Å². The Morgan fingerprint density at radius 3 is 2.72 bits per heavy atom. The number of carbonyl (C=O) groups is 1. The molecule has 1 N–H and O–H groups in total. The van der Waals surface area contributed by atoms with Crippen LogP contribution in [0.25, 0.3) is 0 Å². The Balaban J connectivity index is 1.43. The lowest BCUT2D eigenvalue weighted by molar-refractivity contribution is 0.0983. The normalized spacial score (nSPS) is 19.2. The second-order valence-corrected chi connectivity index (χ2v) is 7.45. The summed E-state index contributed by atoms with van der Waals surface area (Å²) in [5, 5.41) is 7.47. The number of benzene rings is 1. The third kappa shape index (κ3) is 2.44. The van der Waals surface area contributed by atoms with Gasteiger partial charge in [0.25, 0.3) is 5.91 Å². The van der Waals surface area contributed by atoms with Crippen LogP contribution >= 0.6 is 0 Å². The summed E-state index contributed by atoms with van der Waals surface area (Å²) < 4.78 is 0. The SMILES string of the molecule is O=C(c1n[nH]c2c1CCCC2)N1CCc2cc(N3CCCC3)ccc21. The number of carbonyl (C=O) groups excluding carboxylic acids is 1. The zero-order chi connectivity index (χ0) is 16.8. The van der Waals surface area contributed by atoms with Gasteiger partial charge in [-0.15, -0.1) is 0 Å². The monoisotopic (exact) mass is 336 g/mol. The Morgan fingerprint density at radius 1 is 1.00 bits per heavy atom. The van der Waals surface area contributed by atoms with Gasteiger partial charge in [0.1, 0.15) is 0 Å². The molecular formula is C20H24N4O. The second-order valence-electron chi connectivity index (χ2n) is 7.45. The van der Waals surface area contributed by atoms with Crippen molar-refractivity contribution in [1.29, 1.82) is 0 Å². The Bertz CT molecular complexity index is 819. The molecular weight excluding hydrogens is 312 g/mol. The highest BCUT2D eigenvalue weighted by Crippen LogP contribution is 2.34. The van der Waals surface area contributed by atoms with E-state index in [4.69, 9.17) is 0 Å². The van der Waals surface area contributed by atoms with Crippen molar-refractivity contribution >= 4 is 17.3 Å². The third-order valence-corrected chi connectivity index (χ3v) is 5.93. The van der Waals surface area contributed by atoms with Gasteiger partial charge >= 0.3 is 0 Å². The average molecular weight is 336 g/mol. The van der Waals surface area contributed by atoms with Gasteiger partial charge in [0, 0.05) is 42.3 Å². The summed E-state index contributed by atoms with van der Waals surface area (Å²) in [6, 6.07) is 6.59. The van der Waals surface area contributed by atoms with Gasteiger partial charge < -0.3 is 9.80 Å². The van der Waals surface area contributed by atoms with Crippen molar-refractivity contribution in [3.63, 3.8) is 0 Å². The van der Waals surface area contributed by atoms with Gasteiger partial charge in [0.15, 0.2) is 5.69 Å². The average Bonchev–Trinajstić information content (AvgIpc) is 3.38. The first kappa shape index (κ1) is 15.0. The number of aryl methyl sites for hydroxylation is 1. The molecule has 0 spiro atoms. The van der Waals surface area contributed by atoms with Gasteiger partial charge in [-0.05, 0) is 68.7 Å². The second kappa shape index (κ2) is 5.90. The number of rotatable bonds is 2. The molecule has 1 saturated heterocycles. The van der Waals surface area contributed by atoms with Gasteiger partial charge in [-0.2, -0.15) is 5.10 Å². The smallest absolute Gasteiger partial charge is 0.279 e. The predicted octanol–water partition coefficient (Wildman–Crippen LogP) is 3.09. The third-order valence-electron chi connectivity index (χ3n) is 5.93. The van der Waals surface area contributed by atoms with Crippen LogP contribution in [-0.2, 0) is 19.3 Å². The van der Waals surface area contributed by atoms with E-state index in [0.717, 1.165) is 56.6 Å². The van der Waals surface area contributed by atoms with Gasteiger partial charge in [-0.3, -0.25) is 9.89 Å². The molecule has 1 aromatic carbocycles. The first-order valence-electron chi connectivity index (χ1n) is 9.57. The lowest BCUT2D eigenvalue weighted by atomic mass is 9.95. The highest BCUT2D eigenvalue weighted by atomic mass is 16.2. The number of H-pyrrole nitrogens is 1. The summed E-state index contributed by atoms with van der Waals surface area (Å²) in [6.07, 6.45) is 7.84. The molecule has 3 aliphatic rings. The Morgan fingerprint density at radius 2 is 1.84 bits per heavy atom. The molecule has 130 valence electrons. The van der Waals surface area contributed by atoms with Crippen LogP contribution < -0.4 is 9.80 Å². The molecule has 1 aromatic heterocycles. The van der Waals surface area contributed by atoms with Gasteiger partial charge in [0.05, 0.1) is 0 Å². The van der Waals surface area contributed by atoms with E-state index in [0.29, 0.717) is 5.69 Å². The molecule has 0 bridgehead atoms. The van der Waals surface area contributed by atoms with Crippen LogP contribution in [-0.4, -0.2) is 35.7 Å². The molecule has 1 fully saturated rings. The van der Waals surface area contributed by atoms with Crippen molar-refractivity contribution in [2.24, 2.45) is 0 Å². The van der Waals surface area contributed by atoms with Crippen molar-refractivity contribution in [3.05, 3.63) is 40.7 Å². The van der Waals surface area contributed by atoms with Crippen LogP contribution in [0.1, 0.15) is 53.0 Å². The molecule has 2 aromatic rings. The van der Waals surface area contributed by atoms with Crippen molar-refractivity contribution in [2.75, 3.05) is 29.4 Å². The number of nitrogens with zero attached hydrogens (tertiary/aromatic N) is 3. The lowest BCUT2D eigenvalue weighted by Crippen LogP contribution is -2.30.